The van der Waals surface area contributed by atoms with Crippen LogP contribution in [0.4, 0.5) is 0 Å². The molecule has 0 bridgehead atoms. The Balaban J connectivity index is 2.26. The van der Waals surface area contributed by atoms with E-state index in [2.05, 4.69) is 40.7 Å². The minimum atomic E-state index is -0.638. The summed E-state index contributed by atoms with van der Waals surface area (Å²) in [4.78, 5) is 13.4. The molecule has 0 unspecified atom stereocenters. The number of benzene rings is 1. The van der Waals surface area contributed by atoms with Crippen LogP contribution in [0.25, 0.3) is 0 Å². The van der Waals surface area contributed by atoms with E-state index in [0.29, 0.717) is 24.2 Å². The van der Waals surface area contributed by atoms with Crippen molar-refractivity contribution in [3.63, 3.8) is 0 Å². The molecule has 26 heavy (non-hydrogen) atoms. The highest BCUT2D eigenvalue weighted by atomic mass is 16.5. The summed E-state index contributed by atoms with van der Waals surface area (Å²) >= 11 is 0. The largest absolute Gasteiger partial charge is 0.461 e. The number of hydrogen-bond acceptors (Lipinski definition) is 2. The molecular weight excluding hydrogens is 320 g/mol. The van der Waals surface area contributed by atoms with Gasteiger partial charge in [-0.2, -0.15) is 0 Å². The zero-order valence-corrected chi connectivity index (χ0v) is 17.4. The lowest BCUT2D eigenvalue weighted by Gasteiger charge is -2.39. The van der Waals surface area contributed by atoms with E-state index in [1.54, 1.807) is 0 Å². The molecule has 1 aromatic rings. The average molecular weight is 357 g/mol. The molecule has 2 rings (SSSR count). The average Bonchev–Trinajstić information content (AvgIpc) is 2.60. The zero-order chi connectivity index (χ0) is 19.3. The van der Waals surface area contributed by atoms with E-state index in [-0.39, 0.29) is 12.1 Å². The molecule has 1 aromatic carbocycles. The summed E-state index contributed by atoms with van der Waals surface area (Å²) in [5.74, 6) is 1.56. The van der Waals surface area contributed by atoms with Crippen LogP contribution >= 0.6 is 0 Å². The summed E-state index contributed by atoms with van der Waals surface area (Å²) in [6, 6.07) is 10.1. The number of hydrogen-bond donors (Lipinski definition) is 0. The van der Waals surface area contributed by atoms with Gasteiger partial charge in [-0.25, -0.2) is 0 Å². The summed E-state index contributed by atoms with van der Waals surface area (Å²) in [5.41, 5.74) is 1.62. The Morgan fingerprint density at radius 1 is 1.23 bits per heavy atom. The lowest BCUT2D eigenvalue weighted by molar-refractivity contribution is -0.162. The van der Waals surface area contributed by atoms with Crippen molar-refractivity contribution in [1.29, 1.82) is 0 Å². The van der Waals surface area contributed by atoms with Crippen LogP contribution in [0.2, 0.25) is 0 Å². The summed E-state index contributed by atoms with van der Waals surface area (Å²) in [5, 5.41) is 0. The third-order valence-corrected chi connectivity index (χ3v) is 6.00. The minimum absolute atomic E-state index is 0.0426. The Hall–Kier alpha value is -1.57. The molecule has 0 radical (unpaired) electrons. The van der Waals surface area contributed by atoms with Gasteiger partial charge >= 0.3 is 5.97 Å². The zero-order valence-electron chi connectivity index (χ0n) is 17.4. The standard InChI is InChI=1S/C24H36O2/c1-17(2)14-15-24(6,20-10-8-7-9-11-20)23(25)26-22-16-19(5)12-13-21(22)18(3)4/h7-11,14,18-19,21-22H,12-13,15-16H2,1-6H3/t19-,21+,22-,24-/m1/s1. The van der Waals surface area contributed by atoms with E-state index >= 15 is 0 Å². The maximum Gasteiger partial charge on any atom is 0.316 e. The molecule has 0 heterocycles. The molecule has 1 fully saturated rings. The first-order valence-electron chi connectivity index (χ1n) is 10.1. The van der Waals surface area contributed by atoms with Crippen LogP contribution in [-0.2, 0) is 14.9 Å². The van der Waals surface area contributed by atoms with Gasteiger partial charge in [0, 0.05) is 0 Å². The van der Waals surface area contributed by atoms with Gasteiger partial charge in [-0.05, 0) is 63.4 Å². The van der Waals surface area contributed by atoms with Crippen molar-refractivity contribution in [2.75, 3.05) is 0 Å². The fourth-order valence-corrected chi connectivity index (χ4v) is 4.05. The quantitative estimate of drug-likeness (QED) is 0.441. The molecule has 0 aliphatic heterocycles. The van der Waals surface area contributed by atoms with Crippen molar-refractivity contribution < 1.29 is 9.53 Å². The SMILES string of the molecule is CC(C)=CC[C@@](C)(C(=O)O[C@@H]1C[C@H](C)CC[C@H]1C(C)C)c1ccccc1. The van der Waals surface area contributed by atoms with E-state index in [4.69, 9.17) is 4.74 Å². The van der Waals surface area contributed by atoms with Gasteiger partial charge in [-0.3, -0.25) is 4.79 Å². The van der Waals surface area contributed by atoms with Crippen molar-refractivity contribution in [3.8, 4) is 0 Å². The van der Waals surface area contributed by atoms with Gasteiger partial charge in [0.05, 0.1) is 5.41 Å². The molecule has 2 nitrogen and oxygen atoms in total. The predicted molar refractivity (Wildman–Crippen MR) is 109 cm³/mol. The molecular formula is C24H36O2. The lowest BCUT2D eigenvalue weighted by Crippen LogP contribution is -2.42. The summed E-state index contributed by atoms with van der Waals surface area (Å²) in [6.07, 6.45) is 6.25. The van der Waals surface area contributed by atoms with Crippen LogP contribution in [0, 0.1) is 17.8 Å². The highest BCUT2D eigenvalue weighted by molar-refractivity contribution is 5.83. The van der Waals surface area contributed by atoms with Crippen LogP contribution in [0.5, 0.6) is 0 Å². The molecule has 2 heteroatoms. The van der Waals surface area contributed by atoms with Gasteiger partial charge in [0.15, 0.2) is 0 Å². The molecule has 0 amide bonds. The van der Waals surface area contributed by atoms with Crippen LogP contribution in [0.15, 0.2) is 42.0 Å². The van der Waals surface area contributed by atoms with Crippen molar-refractivity contribution in [1.82, 2.24) is 0 Å². The number of carbonyl (C=O) groups excluding carboxylic acids is 1. The maximum absolute atomic E-state index is 13.4. The van der Waals surface area contributed by atoms with E-state index in [9.17, 15) is 4.79 Å². The minimum Gasteiger partial charge on any atom is -0.461 e. The Morgan fingerprint density at radius 3 is 2.46 bits per heavy atom. The summed E-state index contributed by atoms with van der Waals surface area (Å²) in [7, 11) is 0. The van der Waals surface area contributed by atoms with Gasteiger partial charge in [0.25, 0.3) is 0 Å². The second kappa shape index (κ2) is 8.88. The van der Waals surface area contributed by atoms with Crippen molar-refractivity contribution >= 4 is 5.97 Å². The van der Waals surface area contributed by atoms with E-state index < -0.39 is 5.41 Å². The number of allylic oxidation sites excluding steroid dienone is 2. The number of rotatable bonds is 6. The van der Waals surface area contributed by atoms with Gasteiger partial charge in [0.1, 0.15) is 6.10 Å². The Labute approximate surface area is 160 Å². The Kier molecular flexibility index (Phi) is 7.08. The van der Waals surface area contributed by atoms with Crippen LogP contribution in [0.1, 0.15) is 72.8 Å². The fourth-order valence-electron chi connectivity index (χ4n) is 4.05. The third kappa shape index (κ3) is 4.99. The predicted octanol–water partition coefficient (Wildman–Crippen LogP) is 6.30. The third-order valence-electron chi connectivity index (χ3n) is 6.00. The Morgan fingerprint density at radius 2 is 1.88 bits per heavy atom. The lowest BCUT2D eigenvalue weighted by atomic mass is 9.74. The van der Waals surface area contributed by atoms with E-state index in [1.807, 2.05) is 37.3 Å². The van der Waals surface area contributed by atoms with Gasteiger partial charge < -0.3 is 4.74 Å². The highest BCUT2D eigenvalue weighted by Crippen LogP contribution is 2.38. The van der Waals surface area contributed by atoms with Crippen LogP contribution in [-0.4, -0.2) is 12.1 Å². The van der Waals surface area contributed by atoms with Crippen LogP contribution in [0.3, 0.4) is 0 Å². The second-order valence-electron chi connectivity index (χ2n) is 8.95. The van der Waals surface area contributed by atoms with Gasteiger partial charge in [0.2, 0.25) is 0 Å². The van der Waals surface area contributed by atoms with Gasteiger partial charge in [-0.15, -0.1) is 0 Å². The molecule has 144 valence electrons. The van der Waals surface area contributed by atoms with Gasteiger partial charge in [-0.1, -0.05) is 69.2 Å². The summed E-state index contributed by atoms with van der Waals surface area (Å²) < 4.78 is 6.22. The molecule has 0 aromatic heterocycles. The fraction of sp³-hybridized carbons (Fsp3) is 0.625. The molecule has 1 aliphatic rings. The molecule has 4 atom stereocenters. The Bertz CT molecular complexity index is 612. The maximum atomic E-state index is 13.4. The molecule has 1 aliphatic carbocycles. The van der Waals surface area contributed by atoms with E-state index in [1.165, 1.54) is 12.0 Å². The van der Waals surface area contributed by atoms with Crippen molar-refractivity contribution in [3.05, 3.63) is 47.5 Å². The summed E-state index contributed by atoms with van der Waals surface area (Å²) in [6.45, 7) is 13.0. The highest BCUT2D eigenvalue weighted by Gasteiger charge is 2.40. The van der Waals surface area contributed by atoms with Crippen molar-refractivity contribution in [2.24, 2.45) is 17.8 Å². The van der Waals surface area contributed by atoms with Crippen LogP contribution < -0.4 is 0 Å². The first-order valence-corrected chi connectivity index (χ1v) is 10.1. The molecule has 1 saturated carbocycles. The molecule has 0 saturated heterocycles. The van der Waals surface area contributed by atoms with E-state index in [0.717, 1.165) is 18.4 Å². The number of carbonyl (C=O) groups is 1. The molecule has 0 spiro atoms. The van der Waals surface area contributed by atoms with Crippen molar-refractivity contribution in [2.45, 2.75) is 78.7 Å². The second-order valence-corrected chi connectivity index (χ2v) is 8.95. The first-order chi connectivity index (χ1) is 12.2. The monoisotopic (exact) mass is 356 g/mol. The topological polar surface area (TPSA) is 26.3 Å². The normalized spacial score (nSPS) is 25.4. The molecule has 0 N–H and O–H groups in total. The number of ether oxygens (including phenoxy) is 1. The number of esters is 1. The first kappa shape index (κ1) is 20.7. The smallest absolute Gasteiger partial charge is 0.316 e.